The van der Waals surface area contributed by atoms with E-state index in [1.54, 1.807) is 36.7 Å². The molecular weight excluding hydrogens is 863 g/mol. The summed E-state index contributed by atoms with van der Waals surface area (Å²) < 4.78 is 69.3. The number of pyridine rings is 3. The summed E-state index contributed by atoms with van der Waals surface area (Å²) in [4.78, 5) is 13.3. The number of fused-ring (bicyclic) bond motifs is 3. The predicted molar refractivity (Wildman–Crippen MR) is 228 cm³/mol. The second-order valence-electron chi connectivity index (χ2n) is 15.8. The molecule has 0 unspecified atom stereocenters. The number of hydrogen-bond donors (Lipinski definition) is 0. The minimum absolute atomic E-state index is 0. The summed E-state index contributed by atoms with van der Waals surface area (Å²) in [7, 11) is 0. The second kappa shape index (κ2) is 16.9. The van der Waals surface area contributed by atoms with Gasteiger partial charge in [-0.3, -0.25) is 0 Å². The summed E-state index contributed by atoms with van der Waals surface area (Å²) >= 11 is 0. The number of furan rings is 1. The van der Waals surface area contributed by atoms with Gasteiger partial charge >= 0.3 is 0 Å². The van der Waals surface area contributed by atoms with Crippen molar-refractivity contribution < 1.29 is 35.5 Å². The Morgan fingerprint density at radius 1 is 0.732 bits per heavy atom. The average Bonchev–Trinajstić information content (AvgIpc) is 3.61. The molecule has 4 nitrogen and oxygen atoms in total. The maximum atomic E-state index is 8.39. The van der Waals surface area contributed by atoms with Crippen LogP contribution in [0.2, 0.25) is 0 Å². The molecule has 1 radical (unpaired) electrons. The summed E-state index contributed by atoms with van der Waals surface area (Å²) in [5, 5.41) is 1.63. The molecule has 0 bridgehead atoms. The fraction of sp³-hybridized carbons (Fsp3) is 0.235. The van der Waals surface area contributed by atoms with Crippen molar-refractivity contribution in [2.45, 2.75) is 73.5 Å². The molecule has 4 aromatic carbocycles. The Labute approximate surface area is 357 Å². The molecular formula is C51H49IrN3O-2. The first kappa shape index (κ1) is 30.9. The van der Waals surface area contributed by atoms with E-state index in [0.717, 1.165) is 39.6 Å². The van der Waals surface area contributed by atoms with Crippen LogP contribution in [0, 0.1) is 31.3 Å². The smallest absolute Gasteiger partial charge is 0.216 e. The maximum Gasteiger partial charge on any atom is 0.216 e. The maximum absolute atomic E-state index is 8.39. The third-order valence-electron chi connectivity index (χ3n) is 9.20. The normalized spacial score (nSPS) is 14.4. The second-order valence-corrected chi connectivity index (χ2v) is 15.8. The topological polar surface area (TPSA) is 51.8 Å². The first-order chi connectivity index (χ1) is 29.5. The van der Waals surface area contributed by atoms with Crippen molar-refractivity contribution in [1.29, 1.82) is 0 Å². The van der Waals surface area contributed by atoms with E-state index in [1.165, 1.54) is 23.3 Å². The van der Waals surface area contributed by atoms with E-state index >= 15 is 0 Å². The first-order valence-electron chi connectivity index (χ1n) is 22.4. The molecule has 5 heteroatoms. The van der Waals surface area contributed by atoms with Crippen LogP contribution in [0.5, 0.6) is 0 Å². The van der Waals surface area contributed by atoms with Gasteiger partial charge in [-0.25, -0.2) is 4.98 Å². The number of rotatable bonds is 6. The Kier molecular flexibility index (Phi) is 9.32. The van der Waals surface area contributed by atoms with Crippen molar-refractivity contribution in [3.05, 3.63) is 173 Å². The van der Waals surface area contributed by atoms with Gasteiger partial charge in [0.15, 0.2) is 0 Å². The molecule has 0 spiro atoms. The summed E-state index contributed by atoms with van der Waals surface area (Å²) in [6.45, 7) is 7.67. The van der Waals surface area contributed by atoms with Crippen LogP contribution in [0.3, 0.4) is 0 Å². The Balaban J connectivity index is 0.000000212. The van der Waals surface area contributed by atoms with Crippen molar-refractivity contribution in [3.63, 3.8) is 0 Å². The third kappa shape index (κ3) is 9.59. The molecule has 4 heterocycles. The fourth-order valence-electron chi connectivity index (χ4n) is 6.45. The number of benzene rings is 4. The van der Waals surface area contributed by atoms with Gasteiger partial charge in [0.25, 0.3) is 0 Å². The molecule has 56 heavy (non-hydrogen) atoms. The van der Waals surface area contributed by atoms with Crippen LogP contribution in [-0.4, -0.2) is 15.0 Å². The standard InChI is InChI=1S/C28H25N2O.C23H24N.Ir/c1-18-8-13-23-22-6-5-7-24(26(22)31-27(23)30-18)25-17-20(14-15-29-25)16-19-9-11-21(12-10-19)28(2,3)4;1-17-10-12-20(14-21(17)19-8-6-5-7-9-19)22-13-11-18(16-24-22)15-23(2,3)4;/h5-6,8-15,17H,16H2,1-4H3;5-11,13-14,16H,15H2,1-4H3;/q2*-1;/i1D3;1D3,15D2;. The van der Waals surface area contributed by atoms with E-state index < -0.39 is 25.5 Å². The Morgan fingerprint density at radius 3 is 2.21 bits per heavy atom. The van der Waals surface area contributed by atoms with Crippen LogP contribution < -0.4 is 0 Å². The molecule has 0 saturated carbocycles. The first-order valence-corrected chi connectivity index (χ1v) is 18.4. The van der Waals surface area contributed by atoms with Crippen LogP contribution in [0.15, 0.2) is 132 Å². The molecule has 0 aliphatic carbocycles. The predicted octanol–water partition coefficient (Wildman–Crippen LogP) is 13.2. The van der Waals surface area contributed by atoms with Gasteiger partial charge < -0.3 is 14.4 Å². The molecule has 0 saturated heterocycles. The molecule has 285 valence electrons. The number of hydrogen-bond acceptors (Lipinski definition) is 4. The van der Waals surface area contributed by atoms with Crippen LogP contribution in [-0.2, 0) is 38.3 Å². The molecule has 0 atom stereocenters. The van der Waals surface area contributed by atoms with Gasteiger partial charge in [-0.1, -0.05) is 138 Å². The van der Waals surface area contributed by atoms with Gasteiger partial charge in [0, 0.05) is 54.5 Å². The Hall–Kier alpha value is -5.22. The summed E-state index contributed by atoms with van der Waals surface area (Å²) in [5.74, 6) is 0. The third-order valence-corrected chi connectivity index (χ3v) is 9.20. The molecule has 0 fully saturated rings. The molecule has 8 aromatic rings. The van der Waals surface area contributed by atoms with E-state index in [2.05, 4.69) is 78.2 Å². The molecule has 0 amide bonds. The molecule has 0 aliphatic heterocycles. The molecule has 0 N–H and O–H groups in total. The minimum atomic E-state index is -2.29. The monoisotopic (exact) mass is 920 g/mol. The van der Waals surface area contributed by atoms with E-state index in [0.29, 0.717) is 33.7 Å². The van der Waals surface area contributed by atoms with Gasteiger partial charge in [-0.15, -0.1) is 47.5 Å². The van der Waals surface area contributed by atoms with Crippen LogP contribution in [0.4, 0.5) is 0 Å². The van der Waals surface area contributed by atoms with Crippen molar-refractivity contribution >= 4 is 22.1 Å². The van der Waals surface area contributed by atoms with E-state index in [4.69, 9.17) is 15.4 Å². The Morgan fingerprint density at radius 2 is 1.52 bits per heavy atom. The molecule has 0 aliphatic rings. The summed E-state index contributed by atoms with van der Waals surface area (Å²) in [5.41, 5.74) is 9.13. The van der Waals surface area contributed by atoms with Crippen molar-refractivity contribution in [2.75, 3.05) is 0 Å². The van der Waals surface area contributed by atoms with E-state index in [9.17, 15) is 0 Å². The van der Waals surface area contributed by atoms with Gasteiger partial charge in [0.05, 0.1) is 5.58 Å². The van der Waals surface area contributed by atoms with Crippen molar-refractivity contribution in [1.82, 2.24) is 15.0 Å². The minimum Gasteiger partial charge on any atom is -0.486 e. The Bertz CT molecular complexity index is 2880. The molecule has 4 aromatic heterocycles. The van der Waals surface area contributed by atoms with E-state index in [1.807, 2.05) is 69.3 Å². The van der Waals surface area contributed by atoms with Gasteiger partial charge in [0.1, 0.15) is 0 Å². The van der Waals surface area contributed by atoms with Gasteiger partial charge in [-0.2, -0.15) is 0 Å². The van der Waals surface area contributed by atoms with Crippen LogP contribution in [0.1, 0.15) is 86.0 Å². The van der Waals surface area contributed by atoms with Gasteiger partial charge in [-0.05, 0) is 87.9 Å². The fourth-order valence-corrected chi connectivity index (χ4v) is 6.45. The largest absolute Gasteiger partial charge is 0.486 e. The quantitative estimate of drug-likeness (QED) is 0.156. The zero-order valence-corrected chi connectivity index (χ0v) is 34.8. The molecule has 8 rings (SSSR count). The zero-order chi connectivity index (χ0) is 45.5. The average molecular weight is 920 g/mol. The van der Waals surface area contributed by atoms with E-state index in [-0.39, 0.29) is 36.8 Å². The number of aromatic nitrogens is 3. The zero-order valence-electron chi connectivity index (χ0n) is 40.4. The van der Waals surface area contributed by atoms with Gasteiger partial charge in [0.2, 0.25) is 5.71 Å². The van der Waals surface area contributed by atoms with Crippen LogP contribution in [0.25, 0.3) is 55.7 Å². The van der Waals surface area contributed by atoms with Crippen LogP contribution >= 0.6 is 0 Å². The number of aryl methyl sites for hydroxylation is 2. The van der Waals surface area contributed by atoms with Crippen molar-refractivity contribution in [3.8, 4) is 33.6 Å². The number of nitrogens with zero attached hydrogens (tertiary/aromatic N) is 3. The SMILES string of the molecule is [2H]C([2H])([2H])c1c[c-]c(-c2ccc(C([2H])([2H])C(C)(C)C)cn2)cc1-c1ccccc1.[2H]C([2H])([2H])c1ccc2c(n1)oc1c(-c3cc(Cc4ccc(C(C)(C)C)cc4)ccn3)[c-]ccc12.[Ir]. The van der Waals surface area contributed by atoms with Crippen molar-refractivity contribution in [2.24, 2.45) is 5.41 Å². The summed E-state index contributed by atoms with van der Waals surface area (Å²) in [6.07, 6.45) is 2.62. The summed E-state index contributed by atoms with van der Waals surface area (Å²) in [6, 6.07) is 42.3.